The van der Waals surface area contributed by atoms with Crippen LogP contribution in [0.2, 0.25) is 0 Å². The Kier molecular flexibility index (Phi) is 9.63. The summed E-state index contributed by atoms with van der Waals surface area (Å²) in [5, 5.41) is 15.6. The number of carbonyl (C=O) groups excluding carboxylic acids is 3. The van der Waals surface area contributed by atoms with Crippen molar-refractivity contribution in [2.24, 2.45) is 11.8 Å². The lowest BCUT2D eigenvalue weighted by molar-refractivity contribution is -0.120. The molecule has 0 spiro atoms. The van der Waals surface area contributed by atoms with Crippen LogP contribution in [0, 0.1) is 17.7 Å². The molecule has 1 aliphatic carbocycles. The molecule has 2 aromatic carbocycles. The molecule has 2 aromatic rings. The van der Waals surface area contributed by atoms with Crippen LogP contribution in [-0.4, -0.2) is 71.6 Å². The number of benzene rings is 2. The Bertz CT molecular complexity index is 1200. The number of urea groups is 1. The van der Waals surface area contributed by atoms with E-state index < -0.39 is 18.0 Å². The molecule has 0 aromatic heterocycles. The average molecular weight is 555 g/mol. The summed E-state index contributed by atoms with van der Waals surface area (Å²) in [6.45, 7) is 4.01. The van der Waals surface area contributed by atoms with Gasteiger partial charge in [-0.2, -0.15) is 0 Å². The summed E-state index contributed by atoms with van der Waals surface area (Å²) in [6, 6.07) is 9.71. The Morgan fingerprint density at radius 3 is 2.45 bits per heavy atom. The van der Waals surface area contributed by atoms with Crippen LogP contribution in [0.1, 0.15) is 56.3 Å². The van der Waals surface area contributed by atoms with E-state index >= 15 is 0 Å². The summed E-state index contributed by atoms with van der Waals surface area (Å²) in [5.74, 6) is -0.597. The van der Waals surface area contributed by atoms with E-state index in [0.717, 1.165) is 32.1 Å². The second-order valence-electron chi connectivity index (χ2n) is 11.0. The number of aliphatic hydroxyl groups excluding tert-OH is 1. The van der Waals surface area contributed by atoms with Gasteiger partial charge in [0.05, 0.1) is 24.8 Å². The predicted molar refractivity (Wildman–Crippen MR) is 151 cm³/mol. The second-order valence-corrected chi connectivity index (χ2v) is 11.0. The maximum absolute atomic E-state index is 13.7. The van der Waals surface area contributed by atoms with Gasteiger partial charge in [0.2, 0.25) is 5.91 Å². The van der Waals surface area contributed by atoms with E-state index in [0.29, 0.717) is 23.7 Å². The summed E-state index contributed by atoms with van der Waals surface area (Å²) in [5.41, 5.74) is 1.27. The lowest BCUT2D eigenvalue weighted by atomic mass is 9.88. The summed E-state index contributed by atoms with van der Waals surface area (Å²) < 4.78 is 19.6. The Morgan fingerprint density at radius 2 is 1.77 bits per heavy atom. The van der Waals surface area contributed by atoms with Gasteiger partial charge in [-0.05, 0) is 62.2 Å². The molecular weight excluding hydrogens is 515 g/mol. The highest BCUT2D eigenvalue weighted by Gasteiger charge is 2.34. The van der Waals surface area contributed by atoms with Crippen LogP contribution in [0.5, 0.6) is 5.75 Å². The number of aliphatic hydroxyl groups is 1. The van der Waals surface area contributed by atoms with Crippen molar-refractivity contribution in [1.82, 2.24) is 9.80 Å². The zero-order chi connectivity index (χ0) is 28.8. The molecule has 2 aliphatic rings. The quantitative estimate of drug-likeness (QED) is 0.458. The van der Waals surface area contributed by atoms with Crippen LogP contribution in [-0.2, 0) is 4.79 Å². The van der Waals surface area contributed by atoms with Crippen molar-refractivity contribution in [1.29, 1.82) is 0 Å². The third-order valence-corrected chi connectivity index (χ3v) is 7.80. The molecule has 0 radical (unpaired) electrons. The van der Waals surface area contributed by atoms with Crippen LogP contribution in [0.4, 0.5) is 20.6 Å². The molecule has 1 aliphatic heterocycles. The number of carbonyl (C=O) groups is 3. The van der Waals surface area contributed by atoms with E-state index in [4.69, 9.17) is 4.74 Å². The molecule has 0 bridgehead atoms. The highest BCUT2D eigenvalue weighted by Crippen LogP contribution is 2.32. The molecule has 40 heavy (non-hydrogen) atoms. The van der Waals surface area contributed by atoms with Crippen LogP contribution in [0.3, 0.4) is 0 Å². The summed E-state index contributed by atoms with van der Waals surface area (Å²) in [6.07, 6.45) is 4.48. The van der Waals surface area contributed by atoms with Crippen molar-refractivity contribution in [2.75, 3.05) is 37.4 Å². The number of nitrogens with one attached hydrogen (secondary N) is 2. The summed E-state index contributed by atoms with van der Waals surface area (Å²) >= 11 is 0. The number of halogens is 1. The third kappa shape index (κ3) is 7.10. The predicted octanol–water partition coefficient (Wildman–Crippen LogP) is 4.73. The number of hydrogen-bond acceptors (Lipinski definition) is 5. The molecule has 216 valence electrons. The first kappa shape index (κ1) is 29.3. The Labute approximate surface area is 234 Å². The van der Waals surface area contributed by atoms with Crippen molar-refractivity contribution in [3.8, 4) is 5.75 Å². The monoisotopic (exact) mass is 554 g/mol. The van der Waals surface area contributed by atoms with E-state index in [2.05, 4.69) is 10.6 Å². The number of hydrogen-bond donors (Lipinski definition) is 3. The molecule has 0 saturated heterocycles. The van der Waals surface area contributed by atoms with Gasteiger partial charge in [0, 0.05) is 36.8 Å². The molecule has 4 amide bonds. The number of ether oxygens (including phenoxy) is 1. The number of amides is 4. The van der Waals surface area contributed by atoms with E-state index in [1.165, 1.54) is 29.2 Å². The van der Waals surface area contributed by atoms with Gasteiger partial charge in [-0.1, -0.05) is 26.2 Å². The topological polar surface area (TPSA) is 111 Å². The highest BCUT2D eigenvalue weighted by atomic mass is 19.1. The average Bonchev–Trinajstić information content (AvgIpc) is 2.96. The van der Waals surface area contributed by atoms with Crippen molar-refractivity contribution in [3.05, 3.63) is 53.8 Å². The Hall–Kier alpha value is -3.66. The molecular formula is C30H39FN4O5. The third-order valence-electron chi connectivity index (χ3n) is 7.80. The molecule has 3 atom stereocenters. The number of rotatable bonds is 7. The lowest BCUT2D eigenvalue weighted by Crippen LogP contribution is -2.50. The summed E-state index contributed by atoms with van der Waals surface area (Å²) in [7, 11) is 1.64. The molecule has 0 unspecified atom stereocenters. The van der Waals surface area contributed by atoms with E-state index in [-0.39, 0.29) is 48.4 Å². The van der Waals surface area contributed by atoms with Crippen LogP contribution < -0.4 is 15.4 Å². The van der Waals surface area contributed by atoms with E-state index in [1.54, 1.807) is 37.1 Å². The maximum atomic E-state index is 13.7. The van der Waals surface area contributed by atoms with Gasteiger partial charge in [-0.25, -0.2) is 9.18 Å². The van der Waals surface area contributed by atoms with Crippen molar-refractivity contribution < 1.29 is 28.6 Å². The number of anilines is 2. The fourth-order valence-electron chi connectivity index (χ4n) is 5.23. The standard InChI is InChI=1S/C30H39FN4O5/c1-19-16-35(20(2)18-36)29(38)25-15-24(32-28(37)21-7-5-4-6-8-21)13-14-26(25)40-27(19)17-34(3)30(39)33-23-11-9-22(31)10-12-23/h9-15,19-21,27,36H,4-8,16-18H2,1-3H3,(H,32,37)(H,33,39)/t19-,20+,27-/m0/s1. The number of nitrogens with zero attached hydrogens (tertiary/aromatic N) is 2. The van der Waals surface area contributed by atoms with Crippen molar-refractivity contribution in [3.63, 3.8) is 0 Å². The Balaban J connectivity index is 1.55. The number of fused-ring (bicyclic) bond motifs is 1. The van der Waals surface area contributed by atoms with Gasteiger partial charge in [0.15, 0.2) is 0 Å². The van der Waals surface area contributed by atoms with Gasteiger partial charge in [0.25, 0.3) is 5.91 Å². The first-order chi connectivity index (χ1) is 19.2. The van der Waals surface area contributed by atoms with Crippen molar-refractivity contribution in [2.45, 2.75) is 58.1 Å². The molecule has 10 heteroatoms. The highest BCUT2D eigenvalue weighted by molar-refractivity contribution is 6.00. The first-order valence-electron chi connectivity index (χ1n) is 14.0. The number of likely N-dealkylation sites (N-methyl/N-ethyl adjacent to an activating group) is 1. The van der Waals surface area contributed by atoms with E-state index in [9.17, 15) is 23.9 Å². The minimum absolute atomic E-state index is 0.0320. The molecule has 1 heterocycles. The van der Waals surface area contributed by atoms with Gasteiger partial charge in [-0.15, -0.1) is 0 Å². The van der Waals surface area contributed by atoms with Gasteiger partial charge < -0.3 is 30.3 Å². The normalized spacial score (nSPS) is 20.4. The first-order valence-corrected chi connectivity index (χ1v) is 14.0. The van der Waals surface area contributed by atoms with Crippen LogP contribution >= 0.6 is 0 Å². The van der Waals surface area contributed by atoms with Gasteiger partial charge in [0.1, 0.15) is 17.7 Å². The zero-order valence-electron chi connectivity index (χ0n) is 23.4. The zero-order valence-corrected chi connectivity index (χ0v) is 23.4. The van der Waals surface area contributed by atoms with Gasteiger partial charge >= 0.3 is 6.03 Å². The minimum atomic E-state index is -0.480. The minimum Gasteiger partial charge on any atom is -0.487 e. The Morgan fingerprint density at radius 1 is 1.10 bits per heavy atom. The van der Waals surface area contributed by atoms with Crippen LogP contribution in [0.25, 0.3) is 0 Å². The smallest absolute Gasteiger partial charge is 0.321 e. The largest absolute Gasteiger partial charge is 0.487 e. The van der Waals surface area contributed by atoms with Gasteiger partial charge in [-0.3, -0.25) is 9.59 Å². The fraction of sp³-hybridized carbons (Fsp3) is 0.500. The SMILES string of the molecule is C[C@H](CO)N1C[C@H](C)[C@H](CN(C)C(=O)Nc2ccc(F)cc2)Oc2ccc(NC(=O)C3CCCCC3)cc2C1=O. The van der Waals surface area contributed by atoms with Crippen LogP contribution in [0.15, 0.2) is 42.5 Å². The maximum Gasteiger partial charge on any atom is 0.321 e. The van der Waals surface area contributed by atoms with E-state index in [1.807, 2.05) is 6.92 Å². The molecule has 9 nitrogen and oxygen atoms in total. The molecule has 1 saturated carbocycles. The molecule has 3 N–H and O–H groups in total. The van der Waals surface area contributed by atoms with Crippen molar-refractivity contribution >= 4 is 29.2 Å². The fourth-order valence-corrected chi connectivity index (χ4v) is 5.23. The summed E-state index contributed by atoms with van der Waals surface area (Å²) in [4.78, 5) is 42.5. The molecule has 4 rings (SSSR count). The second kappa shape index (κ2) is 13.1. The molecule has 1 fully saturated rings. The lowest BCUT2D eigenvalue weighted by Gasteiger charge is -2.38.